The number of rotatable bonds is 2. The molecule has 0 unspecified atom stereocenters. The summed E-state index contributed by atoms with van der Waals surface area (Å²) in [6, 6.07) is 45.0. The average Bonchev–Trinajstić information content (AvgIpc) is 3.62. The molecule has 0 fully saturated rings. The molecule has 0 spiro atoms. The fraction of sp³-hybridized carbons (Fsp3) is 0.0732. The second-order valence-corrected chi connectivity index (χ2v) is 12.6. The van der Waals surface area contributed by atoms with Gasteiger partial charge in [0, 0.05) is 32.7 Å². The van der Waals surface area contributed by atoms with Crippen molar-refractivity contribution in [3.63, 3.8) is 0 Å². The number of benzene rings is 6. The Kier molecular flexibility index (Phi) is 4.76. The van der Waals surface area contributed by atoms with E-state index in [9.17, 15) is 0 Å². The van der Waals surface area contributed by atoms with Crippen molar-refractivity contribution in [2.24, 2.45) is 0 Å². The second-order valence-electron chi connectivity index (χ2n) is 12.6. The van der Waals surface area contributed by atoms with Crippen molar-refractivity contribution in [2.75, 3.05) is 0 Å². The van der Waals surface area contributed by atoms with Crippen LogP contribution in [0.15, 0.2) is 132 Å². The van der Waals surface area contributed by atoms with Gasteiger partial charge in [-0.05, 0) is 58.3 Å². The number of hydrogen-bond acceptors (Lipinski definition) is 3. The monoisotopic (exact) mass is 577 g/mol. The SMILES string of the molecule is CC1(C)c2cc(-c3nc(-c4cccc5ccccc45)nc4ccccc34)ccc2-n2c3c1cccc3c1oc3ccccc3c12. The normalized spacial score (nSPS) is 13.7. The second kappa shape index (κ2) is 8.67. The van der Waals surface area contributed by atoms with Crippen LogP contribution in [0.2, 0.25) is 0 Å². The van der Waals surface area contributed by atoms with Gasteiger partial charge in [0.05, 0.1) is 22.4 Å². The molecule has 4 heteroatoms. The zero-order chi connectivity index (χ0) is 29.9. The van der Waals surface area contributed by atoms with E-state index in [2.05, 4.69) is 140 Å². The van der Waals surface area contributed by atoms with Gasteiger partial charge in [-0.3, -0.25) is 0 Å². The molecule has 1 aliphatic heterocycles. The van der Waals surface area contributed by atoms with Gasteiger partial charge in [0.15, 0.2) is 11.4 Å². The largest absolute Gasteiger partial charge is 0.454 e. The lowest BCUT2D eigenvalue weighted by Crippen LogP contribution is -2.26. The minimum atomic E-state index is -0.242. The molecule has 0 aliphatic carbocycles. The lowest BCUT2D eigenvalue weighted by atomic mass is 9.74. The third-order valence-electron chi connectivity index (χ3n) is 9.79. The number of fused-ring (bicyclic) bond motifs is 9. The van der Waals surface area contributed by atoms with Gasteiger partial charge in [-0.2, -0.15) is 0 Å². The highest BCUT2D eigenvalue weighted by atomic mass is 16.3. The first-order valence-electron chi connectivity index (χ1n) is 15.4. The Morgan fingerprint density at radius 3 is 2.24 bits per heavy atom. The van der Waals surface area contributed by atoms with Crippen molar-refractivity contribution in [3.8, 4) is 28.3 Å². The summed E-state index contributed by atoms with van der Waals surface area (Å²) in [7, 11) is 0. The number of para-hydroxylation sites is 3. The van der Waals surface area contributed by atoms with Crippen molar-refractivity contribution < 1.29 is 4.42 Å². The highest BCUT2D eigenvalue weighted by Gasteiger charge is 2.36. The van der Waals surface area contributed by atoms with Crippen LogP contribution in [0.25, 0.3) is 83.0 Å². The maximum Gasteiger partial charge on any atom is 0.161 e. The van der Waals surface area contributed by atoms with Crippen LogP contribution in [0.1, 0.15) is 25.0 Å². The molecular weight excluding hydrogens is 550 g/mol. The van der Waals surface area contributed by atoms with E-state index in [1.807, 2.05) is 6.07 Å². The lowest BCUT2D eigenvalue weighted by Gasteiger charge is -2.35. The molecule has 1 aliphatic rings. The van der Waals surface area contributed by atoms with Crippen molar-refractivity contribution in [2.45, 2.75) is 19.3 Å². The minimum Gasteiger partial charge on any atom is -0.454 e. The summed E-state index contributed by atoms with van der Waals surface area (Å²) in [6.45, 7) is 4.67. The molecular formula is C41H27N3O. The predicted molar refractivity (Wildman–Crippen MR) is 184 cm³/mol. The van der Waals surface area contributed by atoms with Gasteiger partial charge in [-0.25, -0.2) is 9.97 Å². The quantitative estimate of drug-likeness (QED) is 0.205. The van der Waals surface area contributed by atoms with Gasteiger partial charge in [-0.15, -0.1) is 0 Å². The van der Waals surface area contributed by atoms with Gasteiger partial charge in [-0.1, -0.05) is 105 Å². The van der Waals surface area contributed by atoms with E-state index in [0.717, 1.165) is 66.4 Å². The maximum atomic E-state index is 6.50. The van der Waals surface area contributed by atoms with Gasteiger partial charge < -0.3 is 8.98 Å². The fourth-order valence-corrected chi connectivity index (χ4v) is 7.62. The molecule has 6 aromatic carbocycles. The first-order chi connectivity index (χ1) is 22.1. The van der Waals surface area contributed by atoms with Crippen LogP contribution < -0.4 is 0 Å². The maximum absolute atomic E-state index is 6.50. The summed E-state index contributed by atoms with van der Waals surface area (Å²) in [5.74, 6) is 0.738. The third kappa shape index (κ3) is 3.26. The number of aromatic nitrogens is 3. The van der Waals surface area contributed by atoms with Crippen molar-refractivity contribution in [3.05, 3.63) is 139 Å². The zero-order valence-corrected chi connectivity index (χ0v) is 24.9. The van der Waals surface area contributed by atoms with Crippen molar-refractivity contribution in [1.82, 2.24) is 14.5 Å². The van der Waals surface area contributed by atoms with E-state index in [4.69, 9.17) is 14.4 Å². The van der Waals surface area contributed by atoms with Gasteiger partial charge in [0.1, 0.15) is 11.1 Å². The highest BCUT2D eigenvalue weighted by molar-refractivity contribution is 6.18. The van der Waals surface area contributed by atoms with Crippen molar-refractivity contribution >= 4 is 54.6 Å². The van der Waals surface area contributed by atoms with E-state index in [1.165, 1.54) is 27.7 Å². The number of nitrogens with zero attached hydrogens (tertiary/aromatic N) is 3. The molecule has 4 heterocycles. The Hall–Kier alpha value is -5.74. The summed E-state index contributed by atoms with van der Waals surface area (Å²) in [5, 5.41) is 5.66. The van der Waals surface area contributed by atoms with E-state index in [0.29, 0.717) is 0 Å². The number of hydrogen-bond donors (Lipinski definition) is 0. The molecule has 4 nitrogen and oxygen atoms in total. The molecule has 0 amide bonds. The van der Waals surface area contributed by atoms with Crippen LogP contribution in [0, 0.1) is 0 Å². The van der Waals surface area contributed by atoms with Crippen LogP contribution in [0.5, 0.6) is 0 Å². The van der Waals surface area contributed by atoms with Gasteiger partial charge >= 0.3 is 0 Å². The lowest BCUT2D eigenvalue weighted by molar-refractivity contribution is 0.630. The molecule has 0 atom stereocenters. The molecule has 0 radical (unpaired) electrons. The molecule has 0 saturated heterocycles. The molecule has 0 N–H and O–H groups in total. The van der Waals surface area contributed by atoms with Gasteiger partial charge in [0.2, 0.25) is 0 Å². The molecule has 3 aromatic heterocycles. The first kappa shape index (κ1) is 24.7. The standard InChI is InChI=1S/C41H27N3O/c1-41(2)31-18-10-17-30-37(31)44(38-29-15-6-8-20-35(29)45-39(30)38)34-22-21-25(23-32(34)41)36-28-14-5-7-19-33(28)42-40(43-36)27-16-9-12-24-11-3-4-13-26(24)27/h3-23H,1-2H3. The van der Waals surface area contributed by atoms with Gasteiger partial charge in [0.25, 0.3) is 0 Å². The molecule has 9 aromatic rings. The van der Waals surface area contributed by atoms with E-state index >= 15 is 0 Å². The Balaban J connectivity index is 1.26. The Morgan fingerprint density at radius 1 is 0.600 bits per heavy atom. The topological polar surface area (TPSA) is 43.9 Å². The summed E-state index contributed by atoms with van der Waals surface area (Å²) in [4.78, 5) is 10.4. The minimum absolute atomic E-state index is 0.242. The average molecular weight is 578 g/mol. The third-order valence-corrected chi connectivity index (χ3v) is 9.79. The molecule has 212 valence electrons. The Bertz CT molecular complexity index is 2690. The van der Waals surface area contributed by atoms with Crippen LogP contribution in [0.4, 0.5) is 0 Å². The van der Waals surface area contributed by atoms with Crippen molar-refractivity contribution in [1.29, 1.82) is 0 Å². The smallest absolute Gasteiger partial charge is 0.161 e. The van der Waals surface area contributed by atoms with Crippen LogP contribution >= 0.6 is 0 Å². The molecule has 10 rings (SSSR count). The summed E-state index contributed by atoms with van der Waals surface area (Å²) in [5.41, 5.74) is 11.7. The van der Waals surface area contributed by atoms with Crippen LogP contribution in [-0.2, 0) is 5.41 Å². The van der Waals surface area contributed by atoms with E-state index in [-0.39, 0.29) is 5.41 Å². The fourth-order valence-electron chi connectivity index (χ4n) is 7.62. The Morgan fingerprint density at radius 2 is 1.33 bits per heavy atom. The number of furan rings is 1. The summed E-state index contributed by atoms with van der Waals surface area (Å²) in [6.07, 6.45) is 0. The summed E-state index contributed by atoms with van der Waals surface area (Å²) >= 11 is 0. The predicted octanol–water partition coefficient (Wildman–Crippen LogP) is 10.6. The van der Waals surface area contributed by atoms with Crippen LogP contribution in [0.3, 0.4) is 0 Å². The molecule has 0 saturated carbocycles. The molecule has 45 heavy (non-hydrogen) atoms. The van der Waals surface area contributed by atoms with E-state index < -0.39 is 0 Å². The Labute approximate surface area is 259 Å². The van der Waals surface area contributed by atoms with E-state index in [1.54, 1.807) is 0 Å². The van der Waals surface area contributed by atoms with Crippen LogP contribution in [-0.4, -0.2) is 14.5 Å². The molecule has 0 bridgehead atoms. The zero-order valence-electron chi connectivity index (χ0n) is 24.9. The highest BCUT2D eigenvalue weighted by Crippen LogP contribution is 2.50. The summed E-state index contributed by atoms with van der Waals surface area (Å²) < 4.78 is 8.93. The first-order valence-corrected chi connectivity index (χ1v) is 15.4.